The van der Waals surface area contributed by atoms with Gasteiger partial charge in [0.15, 0.2) is 0 Å². The minimum atomic E-state index is -0.358. The first kappa shape index (κ1) is 16.0. The van der Waals surface area contributed by atoms with Gasteiger partial charge in [-0.2, -0.15) is 0 Å². The highest BCUT2D eigenvalue weighted by atomic mass is 79.9. The minimum Gasteiger partial charge on any atom is -0.494 e. The molecular weight excluding hydrogens is 382 g/mol. The van der Waals surface area contributed by atoms with Crippen LogP contribution in [-0.4, -0.2) is 6.61 Å². The zero-order valence-corrected chi connectivity index (χ0v) is 14.5. The quantitative estimate of drug-likeness (QED) is 0.539. The van der Waals surface area contributed by atoms with Crippen molar-refractivity contribution in [1.29, 1.82) is 0 Å². The molecule has 20 heavy (non-hydrogen) atoms. The number of benzene rings is 2. The highest BCUT2D eigenvalue weighted by Gasteiger charge is 2.17. The van der Waals surface area contributed by atoms with E-state index in [0.717, 1.165) is 21.3 Å². The Hall–Kier alpha value is -0.410. The van der Waals surface area contributed by atoms with Crippen LogP contribution in [0.3, 0.4) is 0 Å². The van der Waals surface area contributed by atoms with E-state index in [1.54, 1.807) is 12.1 Å². The Bertz CT molecular complexity index is 616. The van der Waals surface area contributed by atoms with Gasteiger partial charge < -0.3 is 4.74 Å². The van der Waals surface area contributed by atoms with E-state index in [1.807, 2.05) is 31.2 Å². The molecule has 0 fully saturated rings. The molecule has 0 bridgehead atoms. The molecule has 0 spiro atoms. The minimum absolute atomic E-state index is 0.358. The highest BCUT2D eigenvalue weighted by Crippen LogP contribution is 2.38. The molecule has 0 aliphatic carbocycles. The molecule has 1 unspecified atom stereocenters. The Morgan fingerprint density at radius 1 is 1.10 bits per heavy atom. The van der Waals surface area contributed by atoms with Gasteiger partial charge in [-0.15, -0.1) is 11.6 Å². The van der Waals surface area contributed by atoms with Crippen LogP contribution in [0.15, 0.2) is 40.9 Å². The standard InChI is InChI=1S/C15H12BrCl3O/c1-2-20-14-6-4-10(16)8-11(14)15(19)9-3-5-12(17)13(18)7-9/h3-8,15H,2H2,1H3. The molecule has 2 rings (SSSR count). The summed E-state index contributed by atoms with van der Waals surface area (Å²) < 4.78 is 6.57. The van der Waals surface area contributed by atoms with Gasteiger partial charge in [-0.1, -0.05) is 45.2 Å². The van der Waals surface area contributed by atoms with Crippen molar-refractivity contribution in [3.63, 3.8) is 0 Å². The average molecular weight is 395 g/mol. The topological polar surface area (TPSA) is 9.23 Å². The summed E-state index contributed by atoms with van der Waals surface area (Å²) in [6.07, 6.45) is 0. The van der Waals surface area contributed by atoms with Crippen LogP contribution in [0.1, 0.15) is 23.4 Å². The Kier molecular flexibility index (Phi) is 5.62. The maximum Gasteiger partial charge on any atom is 0.124 e. The van der Waals surface area contributed by atoms with Gasteiger partial charge >= 0.3 is 0 Å². The number of halogens is 4. The van der Waals surface area contributed by atoms with Crippen molar-refractivity contribution in [2.24, 2.45) is 0 Å². The van der Waals surface area contributed by atoms with E-state index in [9.17, 15) is 0 Å². The fourth-order valence-corrected chi connectivity index (χ4v) is 2.85. The predicted octanol–water partition coefficient (Wildman–Crippen LogP) is 6.48. The monoisotopic (exact) mass is 392 g/mol. The van der Waals surface area contributed by atoms with Gasteiger partial charge in [-0.25, -0.2) is 0 Å². The molecule has 0 amide bonds. The third-order valence-electron chi connectivity index (χ3n) is 2.78. The average Bonchev–Trinajstić information content (AvgIpc) is 2.43. The van der Waals surface area contributed by atoms with Gasteiger partial charge in [-0.05, 0) is 42.8 Å². The Morgan fingerprint density at radius 3 is 2.50 bits per heavy atom. The zero-order chi connectivity index (χ0) is 14.7. The number of hydrogen-bond acceptors (Lipinski definition) is 1. The zero-order valence-electron chi connectivity index (χ0n) is 10.7. The maximum atomic E-state index is 6.57. The summed E-state index contributed by atoms with van der Waals surface area (Å²) in [6.45, 7) is 2.52. The van der Waals surface area contributed by atoms with Crippen molar-refractivity contribution in [2.75, 3.05) is 6.61 Å². The lowest BCUT2D eigenvalue weighted by molar-refractivity contribution is 0.337. The molecule has 2 aromatic carbocycles. The molecule has 0 aromatic heterocycles. The third-order valence-corrected chi connectivity index (χ3v) is 4.50. The van der Waals surface area contributed by atoms with Crippen LogP contribution in [0.25, 0.3) is 0 Å². The van der Waals surface area contributed by atoms with Gasteiger partial charge in [0.25, 0.3) is 0 Å². The van der Waals surface area contributed by atoms with Gasteiger partial charge in [0.2, 0.25) is 0 Å². The second kappa shape index (κ2) is 7.04. The Morgan fingerprint density at radius 2 is 1.85 bits per heavy atom. The van der Waals surface area contributed by atoms with E-state index >= 15 is 0 Å². The van der Waals surface area contributed by atoms with Gasteiger partial charge in [0, 0.05) is 10.0 Å². The normalized spacial score (nSPS) is 12.2. The van der Waals surface area contributed by atoms with Crippen LogP contribution in [0.5, 0.6) is 5.75 Å². The third kappa shape index (κ3) is 3.62. The molecule has 2 aromatic rings. The maximum absolute atomic E-state index is 6.57. The number of alkyl halides is 1. The van der Waals surface area contributed by atoms with Crippen molar-refractivity contribution < 1.29 is 4.74 Å². The summed E-state index contributed by atoms with van der Waals surface area (Å²) in [7, 11) is 0. The van der Waals surface area contributed by atoms with Crippen LogP contribution in [0.4, 0.5) is 0 Å². The van der Waals surface area contributed by atoms with Crippen LogP contribution in [0, 0.1) is 0 Å². The SMILES string of the molecule is CCOc1ccc(Br)cc1C(Cl)c1ccc(Cl)c(Cl)c1. The molecule has 0 radical (unpaired) electrons. The highest BCUT2D eigenvalue weighted by molar-refractivity contribution is 9.10. The van der Waals surface area contributed by atoms with E-state index in [0.29, 0.717) is 16.7 Å². The predicted molar refractivity (Wildman–Crippen MR) is 89.5 cm³/mol. The fourth-order valence-electron chi connectivity index (χ4n) is 1.85. The van der Waals surface area contributed by atoms with Crippen molar-refractivity contribution in [2.45, 2.75) is 12.3 Å². The molecule has 5 heteroatoms. The van der Waals surface area contributed by atoms with Crippen LogP contribution < -0.4 is 4.74 Å². The molecule has 106 valence electrons. The largest absolute Gasteiger partial charge is 0.494 e. The molecule has 0 aliphatic heterocycles. The Labute approximate surface area is 141 Å². The summed E-state index contributed by atoms with van der Waals surface area (Å²) in [5, 5.41) is 0.644. The van der Waals surface area contributed by atoms with Crippen molar-refractivity contribution >= 4 is 50.7 Å². The lowest BCUT2D eigenvalue weighted by Crippen LogP contribution is -2.00. The molecule has 0 aliphatic rings. The molecule has 0 heterocycles. The van der Waals surface area contributed by atoms with Gasteiger partial charge in [0.1, 0.15) is 5.75 Å². The molecule has 0 saturated carbocycles. The first-order valence-corrected chi connectivity index (χ1v) is 8.02. The lowest BCUT2D eigenvalue weighted by Gasteiger charge is -2.16. The summed E-state index contributed by atoms with van der Waals surface area (Å²) in [6, 6.07) is 11.2. The fraction of sp³-hybridized carbons (Fsp3) is 0.200. The second-order valence-electron chi connectivity index (χ2n) is 4.15. The van der Waals surface area contributed by atoms with Crippen molar-refractivity contribution in [3.8, 4) is 5.75 Å². The Balaban J connectivity index is 2.43. The van der Waals surface area contributed by atoms with E-state index in [2.05, 4.69) is 15.9 Å². The number of hydrogen-bond donors (Lipinski definition) is 0. The van der Waals surface area contributed by atoms with E-state index in [-0.39, 0.29) is 5.38 Å². The first-order chi connectivity index (χ1) is 9.52. The molecular formula is C15H12BrCl3O. The summed E-state index contributed by atoms with van der Waals surface area (Å²) >= 11 is 22.0. The van der Waals surface area contributed by atoms with E-state index in [4.69, 9.17) is 39.5 Å². The molecule has 1 nitrogen and oxygen atoms in total. The van der Waals surface area contributed by atoms with Crippen LogP contribution in [0.2, 0.25) is 10.0 Å². The van der Waals surface area contributed by atoms with E-state index in [1.165, 1.54) is 0 Å². The molecule has 1 atom stereocenters. The molecule has 0 saturated heterocycles. The van der Waals surface area contributed by atoms with Crippen molar-refractivity contribution in [3.05, 3.63) is 62.0 Å². The smallest absolute Gasteiger partial charge is 0.124 e. The van der Waals surface area contributed by atoms with Crippen LogP contribution in [-0.2, 0) is 0 Å². The summed E-state index contributed by atoms with van der Waals surface area (Å²) in [5.74, 6) is 0.766. The van der Waals surface area contributed by atoms with E-state index < -0.39 is 0 Å². The molecule has 0 N–H and O–H groups in total. The summed E-state index contributed by atoms with van der Waals surface area (Å²) in [4.78, 5) is 0. The van der Waals surface area contributed by atoms with Gasteiger partial charge in [-0.3, -0.25) is 0 Å². The number of rotatable bonds is 4. The lowest BCUT2D eigenvalue weighted by atomic mass is 10.0. The first-order valence-electron chi connectivity index (χ1n) is 6.04. The second-order valence-corrected chi connectivity index (χ2v) is 6.32. The van der Waals surface area contributed by atoms with Crippen LogP contribution >= 0.6 is 50.7 Å². The van der Waals surface area contributed by atoms with Gasteiger partial charge in [0.05, 0.1) is 22.0 Å². The summed E-state index contributed by atoms with van der Waals surface area (Å²) in [5.41, 5.74) is 1.77. The van der Waals surface area contributed by atoms with Crippen molar-refractivity contribution in [1.82, 2.24) is 0 Å². The number of ether oxygens (including phenoxy) is 1.